The van der Waals surface area contributed by atoms with Crippen molar-refractivity contribution in [3.8, 4) is 6.07 Å². The maximum absolute atomic E-state index is 12.0. The highest BCUT2D eigenvalue weighted by atomic mass is 16.5. The van der Waals surface area contributed by atoms with E-state index in [2.05, 4.69) is 11.9 Å². The molecule has 0 aliphatic heterocycles. The van der Waals surface area contributed by atoms with Gasteiger partial charge in [0.2, 0.25) is 0 Å². The van der Waals surface area contributed by atoms with E-state index in [0.717, 1.165) is 29.3 Å². The summed E-state index contributed by atoms with van der Waals surface area (Å²) in [6.07, 6.45) is 10.2. The third-order valence-electron chi connectivity index (χ3n) is 3.99. The zero-order valence-electron chi connectivity index (χ0n) is 14.2. The van der Waals surface area contributed by atoms with Gasteiger partial charge in [-0.15, -0.1) is 0 Å². The van der Waals surface area contributed by atoms with Crippen LogP contribution >= 0.6 is 0 Å². The molecule has 1 N–H and O–H groups in total. The molecule has 4 nitrogen and oxygen atoms in total. The molecule has 0 radical (unpaired) electrons. The van der Waals surface area contributed by atoms with E-state index in [1.165, 1.54) is 25.7 Å². The van der Waals surface area contributed by atoms with Gasteiger partial charge in [-0.1, -0.05) is 57.2 Å². The van der Waals surface area contributed by atoms with Crippen LogP contribution in [0.15, 0.2) is 36.0 Å². The Hall–Kier alpha value is -2.54. The molecule has 2 rings (SSSR count). The molecule has 0 atom stereocenters. The average molecular weight is 324 g/mol. The van der Waals surface area contributed by atoms with Crippen LogP contribution in [0.3, 0.4) is 0 Å². The smallest absolute Gasteiger partial charge is 0.348 e. The number of unbranched alkanes of at least 4 members (excludes halogenated alkanes) is 5. The van der Waals surface area contributed by atoms with E-state index in [4.69, 9.17) is 4.74 Å². The number of carbonyl (C=O) groups is 1. The van der Waals surface area contributed by atoms with E-state index in [9.17, 15) is 10.1 Å². The standard InChI is InChI=1S/C20H24N2O2/c1-2-3-4-5-6-9-12-24-20(23)16(14-21)13-17-15-22-19-11-8-7-10-18(17)19/h7-8,10-11,13,15,22H,2-6,9,12H2,1H3. The molecule has 0 saturated heterocycles. The van der Waals surface area contributed by atoms with E-state index in [0.29, 0.717) is 6.61 Å². The molecule has 0 fully saturated rings. The number of hydrogen-bond acceptors (Lipinski definition) is 3. The number of aromatic amines is 1. The lowest BCUT2D eigenvalue weighted by molar-refractivity contribution is -0.138. The Morgan fingerprint density at radius 3 is 2.75 bits per heavy atom. The van der Waals surface area contributed by atoms with Crippen LogP contribution in [-0.2, 0) is 9.53 Å². The summed E-state index contributed by atoms with van der Waals surface area (Å²) in [5, 5.41) is 10.2. The lowest BCUT2D eigenvalue weighted by Crippen LogP contribution is -2.08. The molecule has 0 saturated carbocycles. The fourth-order valence-corrected chi connectivity index (χ4v) is 2.63. The summed E-state index contributed by atoms with van der Waals surface area (Å²) in [7, 11) is 0. The first-order valence-corrected chi connectivity index (χ1v) is 8.61. The highest BCUT2D eigenvalue weighted by Crippen LogP contribution is 2.20. The normalized spacial score (nSPS) is 11.4. The van der Waals surface area contributed by atoms with Crippen molar-refractivity contribution in [2.24, 2.45) is 0 Å². The predicted molar refractivity (Wildman–Crippen MR) is 96.2 cm³/mol. The van der Waals surface area contributed by atoms with Crippen LogP contribution in [0.5, 0.6) is 0 Å². The zero-order valence-corrected chi connectivity index (χ0v) is 14.2. The van der Waals surface area contributed by atoms with Crippen LogP contribution in [0.1, 0.15) is 51.0 Å². The van der Waals surface area contributed by atoms with E-state index in [-0.39, 0.29) is 5.57 Å². The van der Waals surface area contributed by atoms with Gasteiger partial charge in [0.25, 0.3) is 0 Å². The monoisotopic (exact) mass is 324 g/mol. The van der Waals surface area contributed by atoms with E-state index in [1.807, 2.05) is 30.3 Å². The SMILES string of the molecule is CCCCCCCCOC(=O)C(C#N)=Cc1c[nH]c2ccccc12. The minimum Gasteiger partial charge on any atom is -0.462 e. The van der Waals surface area contributed by atoms with Crippen molar-refractivity contribution in [1.82, 2.24) is 4.98 Å². The van der Waals surface area contributed by atoms with Gasteiger partial charge < -0.3 is 9.72 Å². The number of nitriles is 1. The topological polar surface area (TPSA) is 65.9 Å². The van der Waals surface area contributed by atoms with Crippen LogP contribution < -0.4 is 0 Å². The van der Waals surface area contributed by atoms with Gasteiger partial charge >= 0.3 is 5.97 Å². The third kappa shape index (κ3) is 4.99. The van der Waals surface area contributed by atoms with Crippen molar-refractivity contribution in [1.29, 1.82) is 5.26 Å². The second-order valence-corrected chi connectivity index (χ2v) is 5.86. The van der Waals surface area contributed by atoms with Crippen LogP contribution in [0, 0.1) is 11.3 Å². The molecular weight excluding hydrogens is 300 g/mol. The van der Waals surface area contributed by atoms with Crippen LogP contribution in [0.2, 0.25) is 0 Å². The minimum absolute atomic E-state index is 0.0331. The minimum atomic E-state index is -0.545. The number of aromatic nitrogens is 1. The highest BCUT2D eigenvalue weighted by molar-refractivity contribution is 6.01. The van der Waals surface area contributed by atoms with Gasteiger partial charge in [-0.25, -0.2) is 4.79 Å². The highest BCUT2D eigenvalue weighted by Gasteiger charge is 2.12. The molecule has 24 heavy (non-hydrogen) atoms. The summed E-state index contributed by atoms with van der Waals surface area (Å²) in [6.45, 7) is 2.56. The first kappa shape index (κ1) is 17.8. The van der Waals surface area contributed by atoms with Crippen molar-refractivity contribution >= 4 is 22.9 Å². The summed E-state index contributed by atoms with van der Waals surface area (Å²) in [5.74, 6) is -0.545. The van der Waals surface area contributed by atoms with Crippen molar-refractivity contribution in [3.63, 3.8) is 0 Å². The van der Waals surface area contributed by atoms with Crippen molar-refractivity contribution < 1.29 is 9.53 Å². The maximum atomic E-state index is 12.0. The lowest BCUT2D eigenvalue weighted by Gasteiger charge is -2.04. The van der Waals surface area contributed by atoms with E-state index >= 15 is 0 Å². The molecule has 0 aliphatic carbocycles. The fraction of sp³-hybridized carbons (Fsp3) is 0.400. The predicted octanol–water partition coefficient (Wildman–Crippen LogP) is 4.98. The number of rotatable bonds is 9. The van der Waals surface area contributed by atoms with Gasteiger partial charge in [-0.3, -0.25) is 0 Å². The lowest BCUT2D eigenvalue weighted by atomic mass is 10.1. The molecule has 0 bridgehead atoms. The van der Waals surface area contributed by atoms with Crippen molar-refractivity contribution in [2.45, 2.75) is 45.4 Å². The number of fused-ring (bicyclic) bond motifs is 1. The Kier molecular flexibility index (Phi) is 7.10. The number of H-pyrrole nitrogens is 1. The Morgan fingerprint density at radius 1 is 1.21 bits per heavy atom. The number of nitrogens with zero attached hydrogens (tertiary/aromatic N) is 1. The number of para-hydroxylation sites is 1. The van der Waals surface area contributed by atoms with Crippen LogP contribution in [0.4, 0.5) is 0 Å². The molecule has 0 spiro atoms. The molecule has 4 heteroatoms. The van der Waals surface area contributed by atoms with Gasteiger partial charge in [0.1, 0.15) is 11.6 Å². The van der Waals surface area contributed by atoms with Crippen LogP contribution in [0.25, 0.3) is 17.0 Å². The molecule has 0 aliphatic rings. The van der Waals surface area contributed by atoms with Crippen molar-refractivity contribution in [3.05, 3.63) is 41.6 Å². The van der Waals surface area contributed by atoms with Crippen molar-refractivity contribution in [2.75, 3.05) is 6.61 Å². The number of carbonyl (C=O) groups excluding carboxylic acids is 1. The molecule has 126 valence electrons. The van der Waals surface area contributed by atoms with Crippen LogP contribution in [-0.4, -0.2) is 17.6 Å². The Bertz CT molecular complexity index is 737. The molecule has 1 heterocycles. The van der Waals surface area contributed by atoms with Gasteiger partial charge in [0.05, 0.1) is 6.61 Å². The second kappa shape index (κ2) is 9.57. The summed E-state index contributed by atoms with van der Waals surface area (Å²) in [5.41, 5.74) is 1.82. The van der Waals surface area contributed by atoms with E-state index < -0.39 is 5.97 Å². The third-order valence-corrected chi connectivity index (χ3v) is 3.99. The Balaban J connectivity index is 1.89. The summed E-state index contributed by atoms with van der Waals surface area (Å²) in [4.78, 5) is 15.2. The molecule has 0 unspecified atom stereocenters. The van der Waals surface area contributed by atoms with Gasteiger partial charge in [0, 0.05) is 22.7 Å². The number of benzene rings is 1. The molecular formula is C20H24N2O2. The summed E-state index contributed by atoms with van der Waals surface area (Å²) >= 11 is 0. The fourth-order valence-electron chi connectivity index (χ4n) is 2.63. The number of hydrogen-bond donors (Lipinski definition) is 1. The number of ether oxygens (including phenoxy) is 1. The summed E-state index contributed by atoms with van der Waals surface area (Å²) < 4.78 is 5.22. The van der Waals surface area contributed by atoms with E-state index in [1.54, 1.807) is 12.3 Å². The zero-order chi connectivity index (χ0) is 17.2. The average Bonchev–Trinajstić information content (AvgIpc) is 3.01. The van der Waals surface area contributed by atoms with Gasteiger partial charge in [-0.2, -0.15) is 5.26 Å². The molecule has 0 amide bonds. The number of esters is 1. The Morgan fingerprint density at radius 2 is 1.96 bits per heavy atom. The quantitative estimate of drug-likeness (QED) is 0.306. The molecule has 1 aromatic carbocycles. The molecule has 2 aromatic rings. The first-order chi connectivity index (χ1) is 11.8. The van der Waals surface area contributed by atoms with Gasteiger partial charge in [-0.05, 0) is 18.6 Å². The largest absolute Gasteiger partial charge is 0.462 e. The Labute approximate surface area is 143 Å². The number of nitrogens with one attached hydrogen (secondary N) is 1. The second-order valence-electron chi connectivity index (χ2n) is 5.86. The first-order valence-electron chi connectivity index (χ1n) is 8.61. The summed E-state index contributed by atoms with van der Waals surface area (Å²) in [6, 6.07) is 9.72. The van der Waals surface area contributed by atoms with Gasteiger partial charge in [0.15, 0.2) is 0 Å². The maximum Gasteiger partial charge on any atom is 0.348 e. The molecule has 1 aromatic heterocycles.